The number of carbonyl (C=O) groups is 1. The van der Waals surface area contributed by atoms with E-state index in [-0.39, 0.29) is 5.91 Å². The molecular formula is C16H19NO3. The number of benzene rings is 1. The second-order valence-electron chi connectivity index (χ2n) is 5.99. The summed E-state index contributed by atoms with van der Waals surface area (Å²) in [7, 11) is 0. The van der Waals surface area contributed by atoms with Gasteiger partial charge in [0.1, 0.15) is 13.2 Å². The van der Waals surface area contributed by atoms with Crippen LogP contribution in [0.2, 0.25) is 0 Å². The van der Waals surface area contributed by atoms with Crippen molar-refractivity contribution < 1.29 is 14.3 Å². The van der Waals surface area contributed by atoms with E-state index in [0.717, 1.165) is 37.3 Å². The molecule has 3 aliphatic rings. The highest BCUT2D eigenvalue weighted by Crippen LogP contribution is 2.52. The van der Waals surface area contributed by atoms with Gasteiger partial charge in [-0.15, -0.1) is 0 Å². The van der Waals surface area contributed by atoms with Gasteiger partial charge in [0.05, 0.1) is 0 Å². The first-order valence-electron chi connectivity index (χ1n) is 7.49. The number of para-hydroxylation sites is 1. The van der Waals surface area contributed by atoms with Crippen LogP contribution in [0.4, 0.5) is 0 Å². The van der Waals surface area contributed by atoms with Crippen molar-refractivity contribution >= 4 is 5.91 Å². The van der Waals surface area contributed by atoms with Crippen LogP contribution in [0.15, 0.2) is 18.2 Å². The lowest BCUT2D eigenvalue weighted by Gasteiger charge is -2.21. The summed E-state index contributed by atoms with van der Waals surface area (Å²) in [4.78, 5) is 11.7. The monoisotopic (exact) mass is 273 g/mol. The zero-order valence-corrected chi connectivity index (χ0v) is 11.4. The average molecular weight is 273 g/mol. The van der Waals surface area contributed by atoms with E-state index in [2.05, 4.69) is 11.4 Å². The maximum absolute atomic E-state index is 11.7. The van der Waals surface area contributed by atoms with Crippen LogP contribution < -0.4 is 14.8 Å². The zero-order chi connectivity index (χ0) is 13.5. The summed E-state index contributed by atoms with van der Waals surface area (Å²) in [5, 5.41) is 3.08. The lowest BCUT2D eigenvalue weighted by molar-refractivity contribution is -0.122. The highest BCUT2D eigenvalue weighted by atomic mass is 16.6. The van der Waals surface area contributed by atoms with E-state index in [9.17, 15) is 4.79 Å². The number of carbonyl (C=O) groups excluding carboxylic acids is 1. The molecule has 0 radical (unpaired) electrons. The SMILES string of the molecule is O=C(NCC1CC1c1cccc2c1OCCO2)C1CC1. The van der Waals surface area contributed by atoms with Crippen molar-refractivity contribution in [2.45, 2.75) is 25.2 Å². The van der Waals surface area contributed by atoms with Crippen LogP contribution in [-0.4, -0.2) is 25.7 Å². The minimum absolute atomic E-state index is 0.241. The lowest BCUT2D eigenvalue weighted by atomic mass is 10.1. The molecule has 2 atom stereocenters. The van der Waals surface area contributed by atoms with Crippen LogP contribution in [0, 0.1) is 11.8 Å². The molecule has 1 aromatic rings. The van der Waals surface area contributed by atoms with Gasteiger partial charge >= 0.3 is 0 Å². The fourth-order valence-electron chi connectivity index (χ4n) is 2.96. The molecule has 4 rings (SSSR count). The van der Waals surface area contributed by atoms with Gasteiger partial charge in [-0.05, 0) is 37.2 Å². The van der Waals surface area contributed by atoms with Crippen LogP contribution in [0.3, 0.4) is 0 Å². The second-order valence-corrected chi connectivity index (χ2v) is 5.99. The normalized spacial score (nSPS) is 27.0. The van der Waals surface area contributed by atoms with Crippen LogP contribution in [-0.2, 0) is 4.79 Å². The van der Waals surface area contributed by atoms with Crippen molar-refractivity contribution in [1.29, 1.82) is 0 Å². The van der Waals surface area contributed by atoms with Gasteiger partial charge in [0.15, 0.2) is 11.5 Å². The van der Waals surface area contributed by atoms with E-state index in [1.54, 1.807) is 0 Å². The topological polar surface area (TPSA) is 47.6 Å². The molecule has 0 spiro atoms. The number of ether oxygens (including phenoxy) is 2. The molecule has 0 saturated heterocycles. The van der Waals surface area contributed by atoms with E-state index < -0.39 is 0 Å². The molecular weight excluding hydrogens is 254 g/mol. The predicted octanol–water partition coefficient (Wildman–Crippen LogP) is 2.09. The molecule has 4 heteroatoms. The summed E-state index contributed by atoms with van der Waals surface area (Å²) < 4.78 is 11.4. The molecule has 0 aromatic heterocycles. The summed E-state index contributed by atoms with van der Waals surface area (Å²) in [6.45, 7) is 2.05. The third-order valence-corrected chi connectivity index (χ3v) is 4.41. The fourth-order valence-corrected chi connectivity index (χ4v) is 2.96. The predicted molar refractivity (Wildman–Crippen MR) is 74.0 cm³/mol. The number of hydrogen-bond donors (Lipinski definition) is 1. The molecule has 1 aliphatic heterocycles. The van der Waals surface area contributed by atoms with Crippen LogP contribution in [0.1, 0.15) is 30.7 Å². The van der Waals surface area contributed by atoms with Gasteiger partial charge in [-0.1, -0.05) is 12.1 Å². The van der Waals surface area contributed by atoms with Crippen molar-refractivity contribution in [3.8, 4) is 11.5 Å². The molecule has 1 heterocycles. The Kier molecular flexibility index (Phi) is 2.83. The summed E-state index contributed by atoms with van der Waals surface area (Å²) in [5.41, 5.74) is 1.24. The van der Waals surface area contributed by atoms with Crippen LogP contribution in [0.25, 0.3) is 0 Å². The Morgan fingerprint density at radius 1 is 1.25 bits per heavy atom. The van der Waals surface area contributed by atoms with E-state index in [1.807, 2.05) is 12.1 Å². The quantitative estimate of drug-likeness (QED) is 0.913. The number of hydrogen-bond acceptors (Lipinski definition) is 3. The number of rotatable bonds is 4. The van der Waals surface area contributed by atoms with E-state index in [1.165, 1.54) is 5.56 Å². The lowest BCUT2D eigenvalue weighted by Crippen LogP contribution is -2.27. The number of nitrogens with one attached hydrogen (secondary N) is 1. The molecule has 20 heavy (non-hydrogen) atoms. The van der Waals surface area contributed by atoms with Crippen LogP contribution >= 0.6 is 0 Å². The standard InChI is InChI=1S/C16H19NO3/c18-16(10-4-5-10)17-9-11-8-13(11)12-2-1-3-14-15(12)20-7-6-19-14/h1-3,10-11,13H,4-9H2,(H,17,18). The third kappa shape index (κ3) is 2.23. The summed E-state index contributed by atoms with van der Waals surface area (Å²) in [6, 6.07) is 6.12. The number of fused-ring (bicyclic) bond motifs is 1. The highest BCUT2D eigenvalue weighted by Gasteiger charge is 2.41. The maximum Gasteiger partial charge on any atom is 0.223 e. The molecule has 2 unspecified atom stereocenters. The van der Waals surface area contributed by atoms with Crippen molar-refractivity contribution in [3.05, 3.63) is 23.8 Å². The van der Waals surface area contributed by atoms with Gasteiger partial charge in [0.2, 0.25) is 5.91 Å². The molecule has 1 amide bonds. The Balaban J connectivity index is 1.41. The van der Waals surface area contributed by atoms with Crippen molar-refractivity contribution in [1.82, 2.24) is 5.32 Å². The first kappa shape index (κ1) is 12.1. The maximum atomic E-state index is 11.7. The smallest absolute Gasteiger partial charge is 0.223 e. The molecule has 2 aliphatic carbocycles. The van der Waals surface area contributed by atoms with Gasteiger partial charge in [-0.2, -0.15) is 0 Å². The van der Waals surface area contributed by atoms with Gasteiger partial charge in [0.25, 0.3) is 0 Å². The summed E-state index contributed by atoms with van der Waals surface area (Å²) >= 11 is 0. The molecule has 106 valence electrons. The number of amides is 1. The third-order valence-electron chi connectivity index (χ3n) is 4.41. The van der Waals surface area contributed by atoms with E-state index >= 15 is 0 Å². The second kappa shape index (κ2) is 4.69. The average Bonchev–Trinajstić information content (AvgIpc) is 3.38. The Morgan fingerprint density at radius 3 is 2.95 bits per heavy atom. The molecule has 1 aromatic carbocycles. The Labute approximate surface area is 118 Å². The van der Waals surface area contributed by atoms with Gasteiger partial charge in [-0.25, -0.2) is 0 Å². The fraction of sp³-hybridized carbons (Fsp3) is 0.562. The molecule has 0 bridgehead atoms. The van der Waals surface area contributed by atoms with Crippen LogP contribution in [0.5, 0.6) is 11.5 Å². The minimum Gasteiger partial charge on any atom is -0.486 e. The largest absolute Gasteiger partial charge is 0.486 e. The highest BCUT2D eigenvalue weighted by molar-refractivity contribution is 5.80. The Bertz CT molecular complexity index is 539. The molecule has 2 fully saturated rings. The summed E-state index contributed by atoms with van der Waals surface area (Å²) in [6.07, 6.45) is 3.26. The molecule has 2 saturated carbocycles. The molecule has 4 nitrogen and oxygen atoms in total. The first-order chi connectivity index (χ1) is 9.83. The van der Waals surface area contributed by atoms with E-state index in [4.69, 9.17) is 9.47 Å². The Hall–Kier alpha value is -1.71. The van der Waals surface area contributed by atoms with Gasteiger partial charge in [0, 0.05) is 18.0 Å². The van der Waals surface area contributed by atoms with Crippen molar-refractivity contribution in [2.24, 2.45) is 11.8 Å². The first-order valence-corrected chi connectivity index (χ1v) is 7.49. The molecule has 1 N–H and O–H groups in total. The Morgan fingerprint density at radius 2 is 2.10 bits per heavy atom. The van der Waals surface area contributed by atoms with E-state index in [0.29, 0.717) is 31.0 Å². The minimum atomic E-state index is 0.241. The van der Waals surface area contributed by atoms with Crippen molar-refractivity contribution in [3.63, 3.8) is 0 Å². The van der Waals surface area contributed by atoms with Crippen molar-refractivity contribution in [2.75, 3.05) is 19.8 Å². The summed E-state index contributed by atoms with van der Waals surface area (Å²) in [5.74, 6) is 3.38. The van der Waals surface area contributed by atoms with Gasteiger partial charge in [-0.3, -0.25) is 4.79 Å². The van der Waals surface area contributed by atoms with Gasteiger partial charge < -0.3 is 14.8 Å². The zero-order valence-electron chi connectivity index (χ0n) is 11.4.